The number of aromatic amines is 1. The van der Waals surface area contributed by atoms with E-state index in [1.807, 2.05) is 24.4 Å². The maximum atomic E-state index is 5.35. The summed E-state index contributed by atoms with van der Waals surface area (Å²) in [6, 6.07) is 10.2. The fourth-order valence-electron chi connectivity index (χ4n) is 2.01. The molecule has 0 saturated carbocycles. The highest BCUT2D eigenvalue weighted by Crippen LogP contribution is 2.18. The molecule has 1 aromatic heterocycles. The molecule has 3 rings (SSSR count). The molecule has 0 aliphatic carbocycles. The summed E-state index contributed by atoms with van der Waals surface area (Å²) >= 11 is 0. The van der Waals surface area contributed by atoms with Gasteiger partial charge >= 0.3 is 0 Å². The first-order chi connectivity index (χ1) is 9.42. The summed E-state index contributed by atoms with van der Waals surface area (Å²) in [6.45, 7) is 1.38. The molecular formula is C14H15N3O2. The van der Waals surface area contributed by atoms with Gasteiger partial charge in [-0.05, 0) is 12.1 Å². The maximum absolute atomic E-state index is 5.35. The van der Waals surface area contributed by atoms with Crippen LogP contribution >= 0.6 is 0 Å². The van der Waals surface area contributed by atoms with Crippen LogP contribution in [0.2, 0.25) is 0 Å². The number of imidazole rings is 1. The molecule has 5 nitrogen and oxygen atoms in total. The zero-order valence-corrected chi connectivity index (χ0v) is 10.4. The largest absolute Gasteiger partial charge is 0.457 e. The minimum atomic E-state index is -0.261. The summed E-state index contributed by atoms with van der Waals surface area (Å²) in [6.07, 6.45) is 6.39. The van der Waals surface area contributed by atoms with E-state index >= 15 is 0 Å². The van der Waals surface area contributed by atoms with E-state index < -0.39 is 0 Å². The minimum Gasteiger partial charge on any atom is -0.457 e. The quantitative estimate of drug-likeness (QED) is 0.892. The lowest BCUT2D eigenvalue weighted by Crippen LogP contribution is -2.32. The van der Waals surface area contributed by atoms with Gasteiger partial charge in [-0.1, -0.05) is 18.2 Å². The molecule has 19 heavy (non-hydrogen) atoms. The van der Waals surface area contributed by atoms with E-state index in [4.69, 9.17) is 9.47 Å². The van der Waals surface area contributed by atoms with Crippen molar-refractivity contribution < 1.29 is 9.47 Å². The lowest BCUT2D eigenvalue weighted by atomic mass is 10.2. The molecule has 1 N–H and O–H groups in total. The molecule has 1 aromatic carbocycles. The van der Waals surface area contributed by atoms with Gasteiger partial charge in [-0.3, -0.25) is 0 Å². The van der Waals surface area contributed by atoms with Gasteiger partial charge in [0.2, 0.25) is 0 Å². The third kappa shape index (κ3) is 2.88. The Balaban J connectivity index is 1.74. The van der Waals surface area contributed by atoms with Crippen LogP contribution in [0.15, 0.2) is 55.4 Å². The molecule has 2 aromatic rings. The van der Waals surface area contributed by atoms with Crippen molar-refractivity contribution in [3.05, 3.63) is 61.1 Å². The van der Waals surface area contributed by atoms with Crippen LogP contribution in [-0.4, -0.2) is 22.8 Å². The predicted octanol–water partition coefficient (Wildman–Crippen LogP) is 2.26. The standard InChI is InChI=1S/C14H15N3O2/c1-2-4-13(5-3-1)17(9-12-8-15-11-16-12)10-14-18-6-7-19-14/h1-8,11,14H,9-10H2,(H,15,16). The van der Waals surface area contributed by atoms with Crippen molar-refractivity contribution in [2.75, 3.05) is 11.4 Å². The molecule has 5 heteroatoms. The van der Waals surface area contributed by atoms with Crippen molar-refractivity contribution >= 4 is 5.69 Å². The first kappa shape index (κ1) is 11.6. The predicted molar refractivity (Wildman–Crippen MR) is 71.2 cm³/mol. The number of hydrogen-bond donors (Lipinski definition) is 1. The number of rotatable bonds is 5. The van der Waals surface area contributed by atoms with E-state index in [0.29, 0.717) is 6.54 Å². The molecular weight excluding hydrogens is 242 g/mol. The van der Waals surface area contributed by atoms with Crippen LogP contribution in [0.25, 0.3) is 0 Å². The summed E-state index contributed by atoms with van der Waals surface area (Å²) in [4.78, 5) is 9.34. The Bertz CT molecular complexity index is 517. The second-order valence-electron chi connectivity index (χ2n) is 4.27. The van der Waals surface area contributed by atoms with Gasteiger partial charge in [-0.2, -0.15) is 0 Å². The number of anilines is 1. The molecule has 0 unspecified atom stereocenters. The zero-order chi connectivity index (χ0) is 12.9. The van der Waals surface area contributed by atoms with Crippen molar-refractivity contribution in [1.82, 2.24) is 9.97 Å². The number of nitrogens with one attached hydrogen (secondary N) is 1. The van der Waals surface area contributed by atoms with Gasteiger partial charge in [0, 0.05) is 11.9 Å². The minimum absolute atomic E-state index is 0.261. The highest BCUT2D eigenvalue weighted by molar-refractivity contribution is 5.46. The lowest BCUT2D eigenvalue weighted by Gasteiger charge is -2.26. The van der Waals surface area contributed by atoms with E-state index in [2.05, 4.69) is 27.0 Å². The Morgan fingerprint density at radius 3 is 2.63 bits per heavy atom. The number of aromatic nitrogens is 2. The Labute approximate surface area is 111 Å². The Hall–Kier alpha value is -2.43. The van der Waals surface area contributed by atoms with Gasteiger partial charge < -0.3 is 19.4 Å². The molecule has 98 valence electrons. The first-order valence-corrected chi connectivity index (χ1v) is 6.15. The van der Waals surface area contributed by atoms with E-state index in [0.717, 1.165) is 17.9 Å². The molecule has 0 amide bonds. The third-order valence-corrected chi connectivity index (χ3v) is 2.92. The average Bonchev–Trinajstić information content (AvgIpc) is 3.12. The average molecular weight is 257 g/mol. The Morgan fingerprint density at radius 2 is 1.95 bits per heavy atom. The van der Waals surface area contributed by atoms with Crippen LogP contribution in [0.4, 0.5) is 5.69 Å². The van der Waals surface area contributed by atoms with Crippen LogP contribution < -0.4 is 4.90 Å². The van der Waals surface area contributed by atoms with Crippen molar-refractivity contribution in [1.29, 1.82) is 0 Å². The number of benzene rings is 1. The summed E-state index contributed by atoms with van der Waals surface area (Å²) in [5, 5.41) is 0. The molecule has 0 saturated heterocycles. The SMILES string of the molecule is C1=COC(CN(Cc2cnc[nH]2)c2ccccc2)O1. The molecule has 0 radical (unpaired) electrons. The lowest BCUT2D eigenvalue weighted by molar-refractivity contribution is -0.0154. The molecule has 0 fully saturated rings. The number of para-hydroxylation sites is 1. The van der Waals surface area contributed by atoms with E-state index in [-0.39, 0.29) is 6.29 Å². The summed E-state index contributed by atoms with van der Waals surface area (Å²) < 4.78 is 10.7. The van der Waals surface area contributed by atoms with Gasteiger partial charge in [0.25, 0.3) is 6.29 Å². The van der Waals surface area contributed by atoms with Gasteiger partial charge in [0.15, 0.2) is 0 Å². The monoisotopic (exact) mass is 257 g/mol. The van der Waals surface area contributed by atoms with Crippen LogP contribution in [0.5, 0.6) is 0 Å². The Kier molecular flexibility index (Phi) is 3.36. The van der Waals surface area contributed by atoms with Crippen LogP contribution in [0, 0.1) is 0 Å². The number of nitrogens with zero attached hydrogens (tertiary/aromatic N) is 2. The van der Waals surface area contributed by atoms with E-state index in [9.17, 15) is 0 Å². The number of hydrogen-bond acceptors (Lipinski definition) is 4. The highest BCUT2D eigenvalue weighted by atomic mass is 16.7. The summed E-state index contributed by atoms with van der Waals surface area (Å²) in [5.74, 6) is 0. The van der Waals surface area contributed by atoms with Crippen molar-refractivity contribution in [2.45, 2.75) is 12.8 Å². The second-order valence-corrected chi connectivity index (χ2v) is 4.27. The highest BCUT2D eigenvalue weighted by Gasteiger charge is 2.18. The molecule has 0 spiro atoms. The molecule has 1 aliphatic heterocycles. The van der Waals surface area contributed by atoms with Crippen molar-refractivity contribution in [2.24, 2.45) is 0 Å². The smallest absolute Gasteiger partial charge is 0.256 e. The van der Waals surface area contributed by atoms with Crippen LogP contribution in [-0.2, 0) is 16.0 Å². The van der Waals surface area contributed by atoms with Crippen LogP contribution in [0.3, 0.4) is 0 Å². The van der Waals surface area contributed by atoms with Gasteiger partial charge in [-0.25, -0.2) is 4.98 Å². The number of ether oxygens (including phenoxy) is 2. The summed E-state index contributed by atoms with van der Waals surface area (Å²) in [5.41, 5.74) is 2.17. The fraction of sp³-hybridized carbons (Fsp3) is 0.214. The Morgan fingerprint density at radius 1 is 1.16 bits per heavy atom. The van der Waals surface area contributed by atoms with Gasteiger partial charge in [0.1, 0.15) is 12.5 Å². The fourth-order valence-corrected chi connectivity index (χ4v) is 2.01. The second kappa shape index (κ2) is 5.48. The van der Waals surface area contributed by atoms with Gasteiger partial charge in [-0.15, -0.1) is 0 Å². The van der Waals surface area contributed by atoms with Crippen LogP contribution in [0.1, 0.15) is 5.69 Å². The van der Waals surface area contributed by atoms with Crippen molar-refractivity contribution in [3.63, 3.8) is 0 Å². The summed E-state index contributed by atoms with van der Waals surface area (Å²) in [7, 11) is 0. The van der Waals surface area contributed by atoms with E-state index in [1.54, 1.807) is 18.9 Å². The normalized spacial score (nSPS) is 14.1. The topological polar surface area (TPSA) is 50.4 Å². The molecule has 2 heterocycles. The number of H-pyrrole nitrogens is 1. The third-order valence-electron chi connectivity index (χ3n) is 2.92. The van der Waals surface area contributed by atoms with Crippen molar-refractivity contribution in [3.8, 4) is 0 Å². The molecule has 0 bridgehead atoms. The maximum Gasteiger partial charge on any atom is 0.256 e. The van der Waals surface area contributed by atoms with Gasteiger partial charge in [0.05, 0.1) is 25.1 Å². The first-order valence-electron chi connectivity index (χ1n) is 6.15. The molecule has 0 atom stereocenters. The molecule has 1 aliphatic rings. The zero-order valence-electron chi connectivity index (χ0n) is 10.4. The van der Waals surface area contributed by atoms with E-state index in [1.165, 1.54) is 0 Å².